The molecular weight excluding hydrogens is 296 g/mol. The van der Waals surface area contributed by atoms with Crippen LogP contribution in [0.3, 0.4) is 0 Å². The Balaban J connectivity index is 1.60. The molecule has 0 radical (unpaired) electrons. The third-order valence-electron chi connectivity index (χ3n) is 3.41. The van der Waals surface area contributed by atoms with Gasteiger partial charge in [0.2, 0.25) is 0 Å². The molecule has 112 valence electrons. The van der Waals surface area contributed by atoms with Crippen molar-refractivity contribution in [1.82, 2.24) is 19.9 Å². The molecule has 0 atom stereocenters. The minimum Gasteiger partial charge on any atom is -0.329 e. The van der Waals surface area contributed by atoms with E-state index in [1.165, 1.54) is 11.1 Å². The number of halogens is 1. The Kier molecular flexibility index (Phi) is 4.83. The van der Waals surface area contributed by atoms with E-state index in [9.17, 15) is 0 Å². The number of benzene rings is 1. The van der Waals surface area contributed by atoms with Gasteiger partial charge in [-0.25, -0.2) is 4.98 Å². The van der Waals surface area contributed by atoms with Crippen LogP contribution in [0.4, 0.5) is 0 Å². The van der Waals surface area contributed by atoms with E-state index < -0.39 is 0 Å². The minimum atomic E-state index is 0.718. The van der Waals surface area contributed by atoms with Crippen LogP contribution in [0.15, 0.2) is 61.2 Å². The Bertz CT molecular complexity index is 724. The molecule has 3 aromatic rings. The molecule has 0 aliphatic carbocycles. The number of nitrogens with zero attached hydrogens (tertiary/aromatic N) is 3. The Labute approximate surface area is 134 Å². The number of rotatable bonds is 6. The van der Waals surface area contributed by atoms with E-state index in [2.05, 4.69) is 25.9 Å². The lowest BCUT2D eigenvalue weighted by Crippen LogP contribution is -2.17. The highest BCUT2D eigenvalue weighted by Gasteiger charge is 2.04. The van der Waals surface area contributed by atoms with Gasteiger partial charge in [-0.15, -0.1) is 0 Å². The zero-order chi connectivity index (χ0) is 15.2. The van der Waals surface area contributed by atoms with Gasteiger partial charge in [0.25, 0.3) is 0 Å². The second-order valence-electron chi connectivity index (χ2n) is 5.06. The van der Waals surface area contributed by atoms with E-state index in [-0.39, 0.29) is 0 Å². The van der Waals surface area contributed by atoms with Gasteiger partial charge in [-0.05, 0) is 35.4 Å². The number of hydrogen-bond acceptors (Lipinski definition) is 3. The van der Waals surface area contributed by atoms with Gasteiger partial charge in [-0.2, -0.15) is 0 Å². The molecule has 2 heterocycles. The van der Waals surface area contributed by atoms with Crippen molar-refractivity contribution in [2.45, 2.75) is 19.6 Å². The fourth-order valence-corrected chi connectivity index (χ4v) is 2.52. The van der Waals surface area contributed by atoms with Gasteiger partial charge in [0.1, 0.15) is 5.82 Å². The summed E-state index contributed by atoms with van der Waals surface area (Å²) in [7, 11) is 0. The fraction of sp³-hybridized carbons (Fsp3) is 0.176. The number of imidazole rings is 1. The summed E-state index contributed by atoms with van der Waals surface area (Å²) in [5.74, 6) is 1.01. The fourth-order valence-electron chi connectivity index (χ4n) is 2.30. The zero-order valence-corrected chi connectivity index (χ0v) is 12.9. The van der Waals surface area contributed by atoms with Gasteiger partial charge < -0.3 is 9.88 Å². The summed E-state index contributed by atoms with van der Waals surface area (Å²) in [6, 6.07) is 11.9. The predicted molar refractivity (Wildman–Crippen MR) is 87.6 cm³/mol. The zero-order valence-electron chi connectivity index (χ0n) is 12.1. The van der Waals surface area contributed by atoms with Crippen molar-refractivity contribution in [1.29, 1.82) is 0 Å². The monoisotopic (exact) mass is 312 g/mol. The highest BCUT2D eigenvalue weighted by molar-refractivity contribution is 6.30. The molecule has 2 aromatic heterocycles. The third kappa shape index (κ3) is 3.93. The molecule has 0 aliphatic rings. The van der Waals surface area contributed by atoms with E-state index >= 15 is 0 Å². The standard InChI is InChI=1S/C17H17ClN4/c18-16-3-1-2-15(10-16)13-22-9-8-21-17(22)12-20-11-14-4-6-19-7-5-14/h1-10,20H,11-13H2. The van der Waals surface area contributed by atoms with Crippen LogP contribution < -0.4 is 5.32 Å². The Morgan fingerprint density at radius 1 is 1.00 bits per heavy atom. The average molecular weight is 313 g/mol. The molecule has 0 amide bonds. The lowest BCUT2D eigenvalue weighted by molar-refractivity contribution is 0.621. The van der Waals surface area contributed by atoms with Gasteiger partial charge in [0.15, 0.2) is 0 Å². The lowest BCUT2D eigenvalue weighted by Gasteiger charge is -2.09. The summed E-state index contributed by atoms with van der Waals surface area (Å²) in [6.45, 7) is 2.29. The van der Waals surface area contributed by atoms with Crippen LogP contribution >= 0.6 is 11.6 Å². The summed E-state index contributed by atoms with van der Waals surface area (Å²) in [6.07, 6.45) is 7.42. The van der Waals surface area contributed by atoms with Crippen molar-refractivity contribution in [2.75, 3.05) is 0 Å². The van der Waals surface area contributed by atoms with Crippen LogP contribution in [-0.2, 0) is 19.6 Å². The number of aromatic nitrogens is 3. The third-order valence-corrected chi connectivity index (χ3v) is 3.64. The summed E-state index contributed by atoms with van der Waals surface area (Å²) in [5.41, 5.74) is 2.38. The second kappa shape index (κ2) is 7.20. The van der Waals surface area contributed by atoms with Crippen LogP contribution in [-0.4, -0.2) is 14.5 Å². The van der Waals surface area contributed by atoms with Crippen molar-refractivity contribution >= 4 is 11.6 Å². The molecule has 1 N–H and O–H groups in total. The first-order chi connectivity index (χ1) is 10.8. The molecule has 0 unspecified atom stereocenters. The maximum Gasteiger partial charge on any atom is 0.122 e. The van der Waals surface area contributed by atoms with Gasteiger partial charge in [0.05, 0.1) is 6.54 Å². The van der Waals surface area contributed by atoms with Crippen molar-refractivity contribution in [3.63, 3.8) is 0 Å². The first-order valence-corrected chi connectivity index (χ1v) is 7.53. The molecule has 0 aliphatic heterocycles. The summed E-state index contributed by atoms with van der Waals surface area (Å²) in [4.78, 5) is 8.44. The van der Waals surface area contributed by atoms with Crippen LogP contribution in [0, 0.1) is 0 Å². The molecule has 4 nitrogen and oxygen atoms in total. The molecule has 22 heavy (non-hydrogen) atoms. The quantitative estimate of drug-likeness (QED) is 0.759. The van der Waals surface area contributed by atoms with Gasteiger partial charge in [-0.3, -0.25) is 4.98 Å². The van der Waals surface area contributed by atoms with E-state index in [0.29, 0.717) is 0 Å². The highest BCUT2D eigenvalue weighted by atomic mass is 35.5. The van der Waals surface area contributed by atoms with Crippen LogP contribution in [0.2, 0.25) is 5.02 Å². The van der Waals surface area contributed by atoms with E-state index in [4.69, 9.17) is 11.6 Å². The molecule has 0 saturated heterocycles. The summed E-state index contributed by atoms with van der Waals surface area (Å²) < 4.78 is 2.13. The smallest absolute Gasteiger partial charge is 0.122 e. The molecule has 0 saturated carbocycles. The molecule has 1 aromatic carbocycles. The highest BCUT2D eigenvalue weighted by Crippen LogP contribution is 2.12. The Morgan fingerprint density at radius 2 is 1.86 bits per heavy atom. The maximum absolute atomic E-state index is 6.03. The maximum atomic E-state index is 6.03. The van der Waals surface area contributed by atoms with Gasteiger partial charge in [0, 0.05) is 42.9 Å². The normalized spacial score (nSPS) is 10.8. The first-order valence-electron chi connectivity index (χ1n) is 7.15. The first kappa shape index (κ1) is 14.8. The second-order valence-corrected chi connectivity index (χ2v) is 5.50. The minimum absolute atomic E-state index is 0.718. The Hall–Kier alpha value is -2.17. The van der Waals surface area contributed by atoms with Crippen molar-refractivity contribution in [2.24, 2.45) is 0 Å². The van der Waals surface area contributed by atoms with E-state index in [1.807, 2.05) is 42.7 Å². The molecule has 0 spiro atoms. The summed E-state index contributed by atoms with van der Waals surface area (Å²) in [5, 5.41) is 4.16. The largest absolute Gasteiger partial charge is 0.329 e. The molecule has 3 rings (SSSR count). The topological polar surface area (TPSA) is 42.7 Å². The van der Waals surface area contributed by atoms with Crippen LogP contribution in [0.1, 0.15) is 17.0 Å². The number of pyridine rings is 1. The molecular formula is C17H17ClN4. The van der Waals surface area contributed by atoms with E-state index in [1.54, 1.807) is 12.4 Å². The summed E-state index contributed by atoms with van der Waals surface area (Å²) >= 11 is 6.03. The lowest BCUT2D eigenvalue weighted by atomic mass is 10.2. The van der Waals surface area contributed by atoms with Crippen LogP contribution in [0.25, 0.3) is 0 Å². The SMILES string of the molecule is Clc1cccc(Cn2ccnc2CNCc2ccncc2)c1. The predicted octanol–water partition coefficient (Wildman–Crippen LogP) is 3.27. The molecule has 0 fully saturated rings. The van der Waals surface area contributed by atoms with Crippen molar-refractivity contribution in [3.8, 4) is 0 Å². The van der Waals surface area contributed by atoms with Crippen molar-refractivity contribution in [3.05, 3.63) is 83.2 Å². The van der Waals surface area contributed by atoms with Crippen LogP contribution in [0.5, 0.6) is 0 Å². The van der Waals surface area contributed by atoms with Gasteiger partial charge >= 0.3 is 0 Å². The van der Waals surface area contributed by atoms with Crippen molar-refractivity contribution < 1.29 is 0 Å². The van der Waals surface area contributed by atoms with Gasteiger partial charge in [-0.1, -0.05) is 23.7 Å². The Morgan fingerprint density at radius 3 is 2.68 bits per heavy atom. The van der Waals surface area contributed by atoms with E-state index in [0.717, 1.165) is 30.5 Å². The number of nitrogens with one attached hydrogen (secondary N) is 1. The molecule has 0 bridgehead atoms. The number of hydrogen-bond donors (Lipinski definition) is 1. The average Bonchev–Trinajstić information content (AvgIpc) is 2.96. The molecule has 5 heteroatoms.